The maximum Gasteiger partial charge on any atom is 0.317 e. The molecule has 3 rings (SSSR count). The Morgan fingerprint density at radius 3 is 2.52 bits per heavy atom. The molecule has 1 saturated heterocycles. The lowest BCUT2D eigenvalue weighted by molar-refractivity contribution is -0.148. The number of hydrogen-bond donors (Lipinski definition) is 1. The Kier molecular flexibility index (Phi) is 3.84. The molecule has 0 aromatic rings. The van der Waals surface area contributed by atoms with Gasteiger partial charge < -0.3 is 15.0 Å². The highest BCUT2D eigenvalue weighted by Crippen LogP contribution is 2.60. The van der Waals surface area contributed by atoms with Crippen molar-refractivity contribution in [1.29, 1.82) is 0 Å². The van der Waals surface area contributed by atoms with Crippen LogP contribution in [0.5, 0.6) is 0 Å². The maximum atomic E-state index is 12.3. The molecule has 2 atom stereocenters. The van der Waals surface area contributed by atoms with Gasteiger partial charge in [0.2, 0.25) is 0 Å². The highest BCUT2D eigenvalue weighted by Gasteiger charge is 2.53. The number of nitrogens with one attached hydrogen (secondary N) is 1. The molecule has 0 aromatic heterocycles. The van der Waals surface area contributed by atoms with Gasteiger partial charge in [-0.1, -0.05) is 6.92 Å². The van der Waals surface area contributed by atoms with Gasteiger partial charge in [0, 0.05) is 19.6 Å². The molecule has 118 valence electrons. The fourth-order valence-electron chi connectivity index (χ4n) is 3.78. The Hall–Kier alpha value is -1.26. The summed E-state index contributed by atoms with van der Waals surface area (Å²) in [4.78, 5) is 25.8. The minimum Gasteiger partial charge on any atom is -0.469 e. The summed E-state index contributed by atoms with van der Waals surface area (Å²) in [5.41, 5.74) is 0.436. The monoisotopic (exact) mass is 294 g/mol. The summed E-state index contributed by atoms with van der Waals surface area (Å²) < 4.78 is 4.83. The van der Waals surface area contributed by atoms with Gasteiger partial charge in [-0.05, 0) is 49.4 Å². The van der Waals surface area contributed by atoms with Crippen LogP contribution < -0.4 is 5.32 Å². The van der Waals surface area contributed by atoms with Crippen molar-refractivity contribution in [2.24, 2.45) is 23.2 Å². The highest BCUT2D eigenvalue weighted by molar-refractivity contribution is 5.76. The number of carbonyl (C=O) groups is 2. The molecule has 2 aliphatic carbocycles. The molecule has 2 saturated carbocycles. The van der Waals surface area contributed by atoms with Crippen molar-refractivity contribution in [2.75, 3.05) is 26.7 Å². The van der Waals surface area contributed by atoms with Crippen LogP contribution in [0.2, 0.25) is 0 Å². The third kappa shape index (κ3) is 3.01. The predicted octanol–water partition coefficient (Wildman–Crippen LogP) is 2.02. The summed E-state index contributed by atoms with van der Waals surface area (Å²) in [5.74, 6) is 0.811. The second kappa shape index (κ2) is 5.50. The zero-order valence-corrected chi connectivity index (χ0v) is 13.1. The Balaban J connectivity index is 1.47. The molecule has 5 nitrogen and oxygen atoms in total. The molecule has 1 N–H and O–H groups in total. The van der Waals surface area contributed by atoms with Gasteiger partial charge in [-0.15, -0.1) is 0 Å². The van der Waals surface area contributed by atoms with Gasteiger partial charge in [-0.2, -0.15) is 0 Å². The number of likely N-dealkylation sites (tertiary alicyclic amines) is 1. The third-order valence-electron chi connectivity index (χ3n) is 5.62. The number of hydrogen-bond acceptors (Lipinski definition) is 3. The van der Waals surface area contributed by atoms with Crippen molar-refractivity contribution in [2.45, 2.75) is 39.0 Å². The van der Waals surface area contributed by atoms with Crippen LogP contribution in [-0.2, 0) is 9.53 Å². The highest BCUT2D eigenvalue weighted by atomic mass is 16.5. The molecule has 2 amide bonds. The topological polar surface area (TPSA) is 58.6 Å². The van der Waals surface area contributed by atoms with E-state index in [0.717, 1.165) is 12.5 Å². The SMILES string of the molecule is COC(=O)C1CCN(C(=O)NCC2(C3CC3)CC2)CC1C. The summed E-state index contributed by atoms with van der Waals surface area (Å²) in [6.07, 6.45) is 5.95. The quantitative estimate of drug-likeness (QED) is 0.807. The van der Waals surface area contributed by atoms with E-state index in [2.05, 4.69) is 5.32 Å². The molecule has 3 aliphatic rings. The Labute approximate surface area is 126 Å². The summed E-state index contributed by atoms with van der Waals surface area (Å²) in [7, 11) is 1.43. The lowest BCUT2D eigenvalue weighted by Gasteiger charge is -2.35. The standard InChI is InChI=1S/C16H26N2O3/c1-11-9-18(8-5-13(11)14(19)21-2)15(20)17-10-16(6-7-16)12-3-4-12/h11-13H,3-10H2,1-2H3,(H,17,20). The second-order valence-electron chi connectivity index (χ2n) is 7.14. The second-order valence-corrected chi connectivity index (χ2v) is 7.14. The predicted molar refractivity (Wildman–Crippen MR) is 78.6 cm³/mol. The number of methoxy groups -OCH3 is 1. The first-order chi connectivity index (χ1) is 10.1. The number of carbonyl (C=O) groups excluding carboxylic acids is 2. The van der Waals surface area contributed by atoms with E-state index in [1.807, 2.05) is 11.8 Å². The largest absolute Gasteiger partial charge is 0.469 e. The van der Waals surface area contributed by atoms with Crippen molar-refractivity contribution < 1.29 is 14.3 Å². The lowest BCUT2D eigenvalue weighted by Crippen LogP contribution is -2.50. The molecule has 21 heavy (non-hydrogen) atoms. The van der Waals surface area contributed by atoms with E-state index in [4.69, 9.17) is 4.74 Å². The van der Waals surface area contributed by atoms with Gasteiger partial charge in [-0.3, -0.25) is 4.79 Å². The minimum atomic E-state index is -0.145. The third-order valence-corrected chi connectivity index (χ3v) is 5.62. The molecule has 0 bridgehead atoms. The Bertz CT molecular complexity index is 429. The van der Waals surface area contributed by atoms with Gasteiger partial charge in [0.15, 0.2) is 0 Å². The van der Waals surface area contributed by atoms with Crippen LogP contribution in [0.1, 0.15) is 39.0 Å². The van der Waals surface area contributed by atoms with E-state index in [9.17, 15) is 9.59 Å². The van der Waals surface area contributed by atoms with E-state index < -0.39 is 0 Å². The first kappa shape index (κ1) is 14.7. The number of esters is 1. The number of nitrogens with zero attached hydrogens (tertiary/aromatic N) is 1. The van der Waals surface area contributed by atoms with Gasteiger partial charge >= 0.3 is 12.0 Å². The van der Waals surface area contributed by atoms with Crippen LogP contribution in [0.3, 0.4) is 0 Å². The van der Waals surface area contributed by atoms with E-state index in [1.165, 1.54) is 32.8 Å². The summed E-state index contributed by atoms with van der Waals surface area (Å²) in [6.45, 7) is 4.14. The molecular formula is C16H26N2O3. The van der Waals surface area contributed by atoms with Crippen molar-refractivity contribution in [3.63, 3.8) is 0 Å². The minimum absolute atomic E-state index is 0.0390. The zero-order chi connectivity index (χ0) is 15.0. The van der Waals surface area contributed by atoms with E-state index in [0.29, 0.717) is 24.9 Å². The molecule has 1 heterocycles. The number of ether oxygens (including phenoxy) is 1. The summed E-state index contributed by atoms with van der Waals surface area (Å²) in [6, 6.07) is 0.0390. The van der Waals surface area contributed by atoms with Gasteiger partial charge in [0.1, 0.15) is 0 Å². The number of urea groups is 1. The van der Waals surface area contributed by atoms with E-state index >= 15 is 0 Å². The van der Waals surface area contributed by atoms with Crippen molar-refractivity contribution in [3.05, 3.63) is 0 Å². The summed E-state index contributed by atoms with van der Waals surface area (Å²) >= 11 is 0. The van der Waals surface area contributed by atoms with Gasteiger partial charge in [-0.25, -0.2) is 4.79 Å². The van der Waals surface area contributed by atoms with Gasteiger partial charge in [0.05, 0.1) is 13.0 Å². The molecular weight excluding hydrogens is 268 g/mol. The van der Waals surface area contributed by atoms with Crippen LogP contribution in [-0.4, -0.2) is 43.6 Å². The van der Waals surface area contributed by atoms with Crippen molar-refractivity contribution in [3.8, 4) is 0 Å². The lowest BCUT2D eigenvalue weighted by atomic mass is 9.87. The molecule has 0 spiro atoms. The van der Waals surface area contributed by atoms with Crippen molar-refractivity contribution in [1.82, 2.24) is 10.2 Å². The molecule has 5 heteroatoms. The first-order valence-corrected chi connectivity index (χ1v) is 8.16. The van der Waals surface area contributed by atoms with Crippen LogP contribution in [0.4, 0.5) is 4.79 Å². The molecule has 3 fully saturated rings. The fraction of sp³-hybridized carbons (Fsp3) is 0.875. The Morgan fingerprint density at radius 2 is 2.00 bits per heavy atom. The number of rotatable bonds is 4. The number of piperidine rings is 1. The molecule has 1 aliphatic heterocycles. The zero-order valence-electron chi connectivity index (χ0n) is 13.1. The normalized spacial score (nSPS) is 30.7. The maximum absolute atomic E-state index is 12.3. The van der Waals surface area contributed by atoms with Crippen LogP contribution in [0, 0.1) is 23.2 Å². The molecule has 0 radical (unpaired) electrons. The average Bonchev–Trinajstić information content (AvgIpc) is 3.36. The molecule has 2 unspecified atom stereocenters. The smallest absolute Gasteiger partial charge is 0.317 e. The van der Waals surface area contributed by atoms with Gasteiger partial charge in [0.25, 0.3) is 0 Å². The van der Waals surface area contributed by atoms with Crippen molar-refractivity contribution >= 4 is 12.0 Å². The van der Waals surface area contributed by atoms with E-state index in [-0.39, 0.29) is 23.8 Å². The number of amides is 2. The summed E-state index contributed by atoms with van der Waals surface area (Å²) in [5, 5.41) is 3.13. The fourth-order valence-corrected chi connectivity index (χ4v) is 3.78. The average molecular weight is 294 g/mol. The van der Waals surface area contributed by atoms with Crippen LogP contribution in [0.25, 0.3) is 0 Å². The first-order valence-electron chi connectivity index (χ1n) is 8.16. The van der Waals surface area contributed by atoms with E-state index in [1.54, 1.807) is 0 Å². The van der Waals surface area contributed by atoms with Crippen LogP contribution >= 0.6 is 0 Å². The van der Waals surface area contributed by atoms with Crippen LogP contribution in [0.15, 0.2) is 0 Å². The Morgan fingerprint density at radius 1 is 1.29 bits per heavy atom. The molecule has 0 aromatic carbocycles.